The Morgan fingerprint density at radius 3 is 2.92 bits per heavy atom. The van der Waals surface area contributed by atoms with E-state index in [9.17, 15) is 4.79 Å². The Kier molecular flexibility index (Phi) is 1.47. The smallest absolute Gasteiger partial charge is 0.258 e. The van der Waals surface area contributed by atoms with Gasteiger partial charge in [-0.25, -0.2) is 0 Å². The highest BCUT2D eigenvalue weighted by atomic mass is 16.1. The number of benzene rings is 1. The van der Waals surface area contributed by atoms with Crippen molar-refractivity contribution in [3.63, 3.8) is 0 Å². The zero-order valence-corrected chi connectivity index (χ0v) is 6.74. The third-order valence-electron chi connectivity index (χ3n) is 1.89. The number of aryl methyl sites for hydroxylation is 1. The van der Waals surface area contributed by atoms with Crippen molar-refractivity contribution in [2.75, 3.05) is 0 Å². The minimum absolute atomic E-state index is 0.0318. The fraction of sp³-hybridized carbons (Fsp3) is 0.100. The van der Waals surface area contributed by atoms with Crippen molar-refractivity contribution in [3.8, 4) is 0 Å². The van der Waals surface area contributed by atoms with E-state index in [0.717, 1.165) is 10.8 Å². The van der Waals surface area contributed by atoms with E-state index in [1.807, 2.05) is 24.3 Å². The molecule has 0 N–H and O–H groups in total. The zero-order valence-electron chi connectivity index (χ0n) is 6.74. The molecule has 1 radical (unpaired) electrons. The normalized spacial score (nSPS) is 10.4. The molecule has 2 nitrogen and oxygen atoms in total. The summed E-state index contributed by atoms with van der Waals surface area (Å²) in [4.78, 5) is 11.5. The number of nitrogens with zero attached hydrogens (tertiary/aromatic N) is 1. The Balaban J connectivity index is 3.01. The monoisotopic (exact) mass is 158 g/mol. The van der Waals surface area contributed by atoms with E-state index in [0.29, 0.717) is 0 Å². The van der Waals surface area contributed by atoms with Crippen molar-refractivity contribution >= 4 is 10.8 Å². The molecule has 2 heteroatoms. The third kappa shape index (κ3) is 0.925. The number of hydrogen-bond acceptors (Lipinski definition) is 1. The van der Waals surface area contributed by atoms with Crippen LogP contribution in [0.3, 0.4) is 0 Å². The second-order valence-corrected chi connectivity index (χ2v) is 2.74. The van der Waals surface area contributed by atoms with Crippen LogP contribution in [0, 0.1) is 6.07 Å². The largest absolute Gasteiger partial charge is 0.317 e. The summed E-state index contributed by atoms with van der Waals surface area (Å²) in [5.74, 6) is 0. The van der Waals surface area contributed by atoms with E-state index in [1.165, 1.54) is 4.57 Å². The highest BCUT2D eigenvalue weighted by Crippen LogP contribution is 2.06. The second kappa shape index (κ2) is 2.48. The summed E-state index contributed by atoms with van der Waals surface area (Å²) in [7, 11) is 1.73. The summed E-state index contributed by atoms with van der Waals surface area (Å²) in [5.41, 5.74) is 0.0318. The fourth-order valence-electron chi connectivity index (χ4n) is 1.21. The first-order valence-corrected chi connectivity index (χ1v) is 3.75. The molecule has 2 aromatic rings. The van der Waals surface area contributed by atoms with Crippen LogP contribution in [0.25, 0.3) is 10.8 Å². The summed E-state index contributed by atoms with van der Waals surface area (Å²) in [6.45, 7) is 0. The van der Waals surface area contributed by atoms with E-state index in [-0.39, 0.29) is 5.56 Å². The maximum atomic E-state index is 11.5. The maximum absolute atomic E-state index is 11.5. The average Bonchev–Trinajstić information content (AvgIpc) is 2.12. The highest BCUT2D eigenvalue weighted by molar-refractivity contribution is 5.80. The summed E-state index contributed by atoms with van der Waals surface area (Å²) in [5, 5.41) is 1.60. The molecule has 0 spiro atoms. The number of rotatable bonds is 0. The lowest BCUT2D eigenvalue weighted by Gasteiger charge is -1.98. The Morgan fingerprint density at radius 2 is 2.08 bits per heavy atom. The van der Waals surface area contributed by atoms with Gasteiger partial charge in [0.25, 0.3) is 5.56 Å². The Labute approximate surface area is 70.1 Å². The van der Waals surface area contributed by atoms with Gasteiger partial charge in [-0.3, -0.25) is 4.79 Å². The molecule has 0 saturated heterocycles. The number of aromatic nitrogens is 1. The molecule has 0 amide bonds. The van der Waals surface area contributed by atoms with Crippen LogP contribution in [0.4, 0.5) is 0 Å². The lowest BCUT2D eigenvalue weighted by atomic mass is 10.2. The first-order valence-electron chi connectivity index (χ1n) is 3.75. The van der Waals surface area contributed by atoms with Crippen LogP contribution in [0.2, 0.25) is 0 Å². The summed E-state index contributed by atoms with van der Waals surface area (Å²) in [6.07, 6.45) is 1.66. The van der Waals surface area contributed by atoms with Gasteiger partial charge in [-0.15, -0.1) is 0 Å². The van der Waals surface area contributed by atoms with E-state index in [2.05, 4.69) is 6.07 Å². The second-order valence-electron chi connectivity index (χ2n) is 2.74. The van der Waals surface area contributed by atoms with Crippen LogP contribution in [0.1, 0.15) is 0 Å². The van der Waals surface area contributed by atoms with Crippen LogP contribution in [0.5, 0.6) is 0 Å². The predicted octanol–water partition coefficient (Wildman–Crippen LogP) is 1.34. The van der Waals surface area contributed by atoms with Gasteiger partial charge in [0.1, 0.15) is 0 Å². The van der Waals surface area contributed by atoms with Crippen LogP contribution in [0.15, 0.2) is 35.3 Å². The van der Waals surface area contributed by atoms with E-state index in [4.69, 9.17) is 0 Å². The van der Waals surface area contributed by atoms with Gasteiger partial charge in [0.05, 0.1) is 0 Å². The van der Waals surface area contributed by atoms with Crippen LogP contribution in [-0.2, 0) is 7.05 Å². The SMILES string of the molecule is Cn1c[c]c2ccccc2c1=O. The van der Waals surface area contributed by atoms with Crippen molar-refractivity contribution in [1.82, 2.24) is 4.57 Å². The molecule has 0 aliphatic carbocycles. The first-order chi connectivity index (χ1) is 5.79. The highest BCUT2D eigenvalue weighted by Gasteiger charge is 1.97. The molecule has 2 rings (SSSR count). The summed E-state index contributed by atoms with van der Waals surface area (Å²) < 4.78 is 1.53. The molecule has 59 valence electrons. The van der Waals surface area contributed by atoms with Crippen molar-refractivity contribution in [2.24, 2.45) is 7.05 Å². The molecule has 0 saturated carbocycles. The molecule has 1 aromatic carbocycles. The first kappa shape index (κ1) is 7.10. The topological polar surface area (TPSA) is 22.0 Å². The molecule has 12 heavy (non-hydrogen) atoms. The van der Waals surface area contributed by atoms with Crippen molar-refractivity contribution < 1.29 is 0 Å². The lowest BCUT2D eigenvalue weighted by Crippen LogP contribution is -2.15. The molecule has 0 aliphatic rings. The van der Waals surface area contributed by atoms with Gasteiger partial charge in [0.15, 0.2) is 0 Å². The molecule has 0 bridgehead atoms. The minimum atomic E-state index is 0.0318. The van der Waals surface area contributed by atoms with Gasteiger partial charge in [-0.1, -0.05) is 18.2 Å². The Morgan fingerprint density at radius 1 is 1.33 bits per heavy atom. The predicted molar refractivity (Wildman–Crippen MR) is 48.0 cm³/mol. The lowest BCUT2D eigenvalue weighted by molar-refractivity contribution is 0.872. The van der Waals surface area contributed by atoms with Crippen LogP contribution in [-0.4, -0.2) is 4.57 Å². The van der Waals surface area contributed by atoms with Gasteiger partial charge < -0.3 is 4.57 Å². The maximum Gasteiger partial charge on any atom is 0.258 e. The molecule has 0 atom stereocenters. The van der Waals surface area contributed by atoms with Crippen molar-refractivity contribution in [3.05, 3.63) is 46.9 Å². The van der Waals surface area contributed by atoms with E-state index >= 15 is 0 Å². The molecule has 0 aliphatic heterocycles. The zero-order chi connectivity index (χ0) is 8.55. The fourth-order valence-corrected chi connectivity index (χ4v) is 1.21. The number of fused-ring (bicyclic) bond motifs is 1. The summed E-state index contributed by atoms with van der Waals surface area (Å²) in [6, 6.07) is 10.5. The Hall–Kier alpha value is -1.57. The molecular formula is C10H8NO. The summed E-state index contributed by atoms with van der Waals surface area (Å²) >= 11 is 0. The molecule has 0 fully saturated rings. The minimum Gasteiger partial charge on any atom is -0.317 e. The van der Waals surface area contributed by atoms with Crippen molar-refractivity contribution in [1.29, 1.82) is 0 Å². The van der Waals surface area contributed by atoms with Gasteiger partial charge in [-0.05, 0) is 11.5 Å². The quantitative estimate of drug-likeness (QED) is 0.567. The van der Waals surface area contributed by atoms with E-state index in [1.54, 1.807) is 13.2 Å². The van der Waals surface area contributed by atoms with Crippen LogP contribution >= 0.6 is 0 Å². The molecule has 1 aromatic heterocycles. The van der Waals surface area contributed by atoms with Gasteiger partial charge in [0.2, 0.25) is 0 Å². The van der Waals surface area contributed by atoms with Gasteiger partial charge >= 0.3 is 0 Å². The number of pyridine rings is 1. The average molecular weight is 158 g/mol. The van der Waals surface area contributed by atoms with Gasteiger partial charge in [-0.2, -0.15) is 0 Å². The standard InChI is InChI=1S/C10H8NO/c1-11-7-6-8-4-2-3-5-9(8)10(11)12/h2-5,7H,1H3. The Bertz CT molecular complexity index is 470. The van der Waals surface area contributed by atoms with E-state index < -0.39 is 0 Å². The van der Waals surface area contributed by atoms with Crippen LogP contribution < -0.4 is 5.56 Å². The van der Waals surface area contributed by atoms with Gasteiger partial charge in [0, 0.05) is 24.7 Å². The molecule has 1 heterocycles. The molecular weight excluding hydrogens is 150 g/mol. The third-order valence-corrected chi connectivity index (χ3v) is 1.89. The van der Waals surface area contributed by atoms with Crippen molar-refractivity contribution in [2.45, 2.75) is 0 Å². The molecule has 0 unspecified atom stereocenters. The number of hydrogen-bond donors (Lipinski definition) is 0.